The average molecular weight is 333 g/mol. The lowest BCUT2D eigenvalue weighted by Crippen LogP contribution is -2.43. The number of hydrogen-bond donors (Lipinski definition) is 2. The van der Waals surface area contributed by atoms with Crippen molar-refractivity contribution in [1.29, 1.82) is 0 Å². The molecule has 1 aromatic heterocycles. The van der Waals surface area contributed by atoms with E-state index in [9.17, 15) is 4.79 Å². The molecule has 6 heteroatoms. The van der Waals surface area contributed by atoms with Crippen molar-refractivity contribution in [3.05, 3.63) is 23.9 Å². The fourth-order valence-electron chi connectivity index (χ4n) is 2.99. The molecule has 1 amide bonds. The fourth-order valence-corrected chi connectivity index (χ4v) is 2.99. The van der Waals surface area contributed by atoms with Crippen LogP contribution in [0.2, 0.25) is 0 Å². The maximum atomic E-state index is 12.1. The molecule has 2 heterocycles. The van der Waals surface area contributed by atoms with Crippen molar-refractivity contribution in [2.75, 3.05) is 38.1 Å². The zero-order chi connectivity index (χ0) is 17.5. The van der Waals surface area contributed by atoms with Crippen molar-refractivity contribution >= 4 is 11.7 Å². The lowest BCUT2D eigenvalue weighted by molar-refractivity contribution is -0.126. The number of hydrogen-bond acceptors (Lipinski definition) is 5. The minimum Gasteiger partial charge on any atom is -0.357 e. The van der Waals surface area contributed by atoms with Gasteiger partial charge in [-0.3, -0.25) is 9.69 Å². The smallest absolute Gasteiger partial charge is 0.224 e. The van der Waals surface area contributed by atoms with E-state index in [1.165, 1.54) is 5.56 Å². The summed E-state index contributed by atoms with van der Waals surface area (Å²) in [5, 5.41) is 2.91. The van der Waals surface area contributed by atoms with Crippen LogP contribution in [-0.2, 0) is 11.3 Å². The van der Waals surface area contributed by atoms with Crippen LogP contribution in [0.5, 0.6) is 0 Å². The third kappa shape index (κ3) is 5.18. The number of carbonyl (C=O) groups excluding carboxylic acids is 1. The van der Waals surface area contributed by atoms with Crippen LogP contribution in [0.1, 0.15) is 32.3 Å². The van der Waals surface area contributed by atoms with Crippen LogP contribution >= 0.6 is 0 Å². The number of nitrogens with one attached hydrogen (secondary N) is 1. The summed E-state index contributed by atoms with van der Waals surface area (Å²) < 4.78 is 0. The Morgan fingerprint density at radius 3 is 2.92 bits per heavy atom. The van der Waals surface area contributed by atoms with Gasteiger partial charge in [-0.1, -0.05) is 6.07 Å². The van der Waals surface area contributed by atoms with Crippen LogP contribution in [0.3, 0.4) is 0 Å². The van der Waals surface area contributed by atoms with E-state index in [4.69, 9.17) is 5.73 Å². The van der Waals surface area contributed by atoms with Crippen molar-refractivity contribution in [2.24, 2.45) is 11.7 Å². The number of nitrogens with two attached hydrogens (primary N) is 1. The number of carbonyl (C=O) groups is 1. The number of rotatable bonds is 7. The standard InChI is InChI=1S/C18H31N5O/c1-14(2)22(3)17-7-6-15(11-21-17)12-23-10-4-5-16(13-23)18(24)20-9-8-19/h6-7,11,14,16H,4-5,8-10,12-13,19H2,1-3H3,(H,20,24). The lowest BCUT2D eigenvalue weighted by Gasteiger charge is -2.32. The molecule has 0 saturated carbocycles. The van der Waals surface area contributed by atoms with Gasteiger partial charge >= 0.3 is 0 Å². The molecule has 1 unspecified atom stereocenters. The lowest BCUT2D eigenvalue weighted by atomic mass is 9.97. The summed E-state index contributed by atoms with van der Waals surface area (Å²) in [7, 11) is 2.06. The molecule has 1 atom stereocenters. The molecule has 1 aromatic rings. The van der Waals surface area contributed by atoms with Gasteiger partial charge in [0.15, 0.2) is 0 Å². The second-order valence-corrected chi connectivity index (χ2v) is 6.88. The van der Waals surface area contributed by atoms with Crippen molar-refractivity contribution in [3.8, 4) is 0 Å². The number of amides is 1. The maximum absolute atomic E-state index is 12.1. The number of aromatic nitrogens is 1. The maximum Gasteiger partial charge on any atom is 0.224 e. The third-order valence-corrected chi connectivity index (χ3v) is 4.67. The van der Waals surface area contributed by atoms with Crippen molar-refractivity contribution in [1.82, 2.24) is 15.2 Å². The summed E-state index contributed by atoms with van der Waals surface area (Å²) in [6, 6.07) is 4.64. The second kappa shape index (κ2) is 8.99. The van der Waals surface area contributed by atoms with Crippen molar-refractivity contribution in [2.45, 2.75) is 39.3 Å². The molecular formula is C18H31N5O. The molecule has 1 aliphatic heterocycles. The highest BCUT2D eigenvalue weighted by Crippen LogP contribution is 2.19. The Hall–Kier alpha value is -1.66. The van der Waals surface area contributed by atoms with Crippen LogP contribution in [-0.4, -0.2) is 55.1 Å². The highest BCUT2D eigenvalue weighted by atomic mass is 16.1. The van der Waals surface area contributed by atoms with Crippen LogP contribution in [0.25, 0.3) is 0 Å². The Morgan fingerprint density at radius 1 is 1.50 bits per heavy atom. The molecule has 0 aliphatic carbocycles. The predicted molar refractivity (Wildman–Crippen MR) is 97.8 cm³/mol. The average Bonchev–Trinajstić information content (AvgIpc) is 2.60. The molecule has 0 aromatic carbocycles. The Kier molecular flexibility index (Phi) is 6.99. The van der Waals surface area contributed by atoms with E-state index in [2.05, 4.69) is 53.1 Å². The van der Waals surface area contributed by atoms with Gasteiger partial charge in [-0.05, 0) is 44.9 Å². The molecule has 0 bridgehead atoms. The first-order valence-electron chi connectivity index (χ1n) is 8.89. The highest BCUT2D eigenvalue weighted by Gasteiger charge is 2.25. The first-order valence-corrected chi connectivity index (χ1v) is 8.89. The number of likely N-dealkylation sites (tertiary alicyclic amines) is 1. The Bertz CT molecular complexity index is 517. The topological polar surface area (TPSA) is 74.5 Å². The van der Waals surface area contributed by atoms with Gasteiger partial charge in [0, 0.05) is 45.5 Å². The summed E-state index contributed by atoms with van der Waals surface area (Å²) in [6.45, 7) is 8.05. The van der Waals surface area contributed by atoms with Gasteiger partial charge in [0.1, 0.15) is 5.82 Å². The normalized spacial score (nSPS) is 18.6. The van der Waals surface area contributed by atoms with Gasteiger partial charge < -0.3 is 16.0 Å². The molecule has 3 N–H and O–H groups in total. The Morgan fingerprint density at radius 2 is 2.29 bits per heavy atom. The van der Waals surface area contributed by atoms with Gasteiger partial charge in [-0.2, -0.15) is 0 Å². The van der Waals surface area contributed by atoms with Crippen molar-refractivity contribution < 1.29 is 4.79 Å². The van der Waals surface area contributed by atoms with Crippen LogP contribution in [0, 0.1) is 5.92 Å². The number of pyridine rings is 1. The molecule has 0 radical (unpaired) electrons. The van der Waals surface area contributed by atoms with E-state index in [1.807, 2.05) is 6.20 Å². The van der Waals surface area contributed by atoms with E-state index in [-0.39, 0.29) is 11.8 Å². The SMILES string of the molecule is CC(C)N(C)c1ccc(CN2CCCC(C(=O)NCCN)C2)cn1. The van der Waals surface area contributed by atoms with Gasteiger partial charge in [0.2, 0.25) is 5.91 Å². The summed E-state index contributed by atoms with van der Waals surface area (Å²) in [5.74, 6) is 1.20. The van der Waals surface area contributed by atoms with Gasteiger partial charge in [-0.15, -0.1) is 0 Å². The van der Waals surface area contributed by atoms with Crippen LogP contribution in [0.15, 0.2) is 18.3 Å². The second-order valence-electron chi connectivity index (χ2n) is 6.88. The summed E-state index contributed by atoms with van der Waals surface area (Å²) in [5.41, 5.74) is 6.65. The molecule has 2 rings (SSSR count). The van der Waals surface area contributed by atoms with E-state index >= 15 is 0 Å². The molecule has 1 fully saturated rings. The molecule has 1 aliphatic rings. The molecule has 134 valence electrons. The fraction of sp³-hybridized carbons (Fsp3) is 0.667. The zero-order valence-corrected chi connectivity index (χ0v) is 15.2. The monoisotopic (exact) mass is 333 g/mol. The molecular weight excluding hydrogens is 302 g/mol. The zero-order valence-electron chi connectivity index (χ0n) is 15.2. The van der Waals surface area contributed by atoms with E-state index < -0.39 is 0 Å². The van der Waals surface area contributed by atoms with Crippen molar-refractivity contribution in [3.63, 3.8) is 0 Å². The summed E-state index contributed by atoms with van der Waals surface area (Å²) in [6.07, 6.45) is 3.97. The molecule has 0 spiro atoms. The number of piperidine rings is 1. The minimum absolute atomic E-state index is 0.0737. The van der Waals surface area contributed by atoms with Gasteiger partial charge in [0.05, 0.1) is 5.92 Å². The largest absolute Gasteiger partial charge is 0.357 e. The summed E-state index contributed by atoms with van der Waals surface area (Å²) >= 11 is 0. The highest BCUT2D eigenvalue weighted by molar-refractivity contribution is 5.78. The van der Waals surface area contributed by atoms with E-state index in [1.54, 1.807) is 0 Å². The van der Waals surface area contributed by atoms with Gasteiger partial charge in [-0.25, -0.2) is 4.98 Å². The Balaban J connectivity index is 1.89. The van der Waals surface area contributed by atoms with Gasteiger partial charge in [0.25, 0.3) is 0 Å². The Labute approximate surface area is 145 Å². The summed E-state index contributed by atoms with van der Waals surface area (Å²) in [4.78, 5) is 21.2. The number of anilines is 1. The third-order valence-electron chi connectivity index (χ3n) is 4.67. The van der Waals surface area contributed by atoms with Crippen LogP contribution in [0.4, 0.5) is 5.82 Å². The quantitative estimate of drug-likeness (QED) is 0.785. The molecule has 6 nitrogen and oxygen atoms in total. The van der Waals surface area contributed by atoms with E-state index in [0.717, 1.165) is 38.3 Å². The first kappa shape index (κ1) is 18.7. The first-order chi connectivity index (χ1) is 11.5. The molecule has 24 heavy (non-hydrogen) atoms. The molecule has 1 saturated heterocycles. The van der Waals surface area contributed by atoms with E-state index in [0.29, 0.717) is 19.1 Å². The number of nitrogens with zero attached hydrogens (tertiary/aromatic N) is 3. The van der Waals surface area contributed by atoms with Crippen LogP contribution < -0.4 is 16.0 Å². The predicted octanol–water partition coefficient (Wildman–Crippen LogP) is 1.21. The minimum atomic E-state index is 0.0737.